The van der Waals surface area contributed by atoms with Gasteiger partial charge in [0.25, 0.3) is 0 Å². The molecule has 9 rings (SSSR count). The molecule has 0 atom stereocenters. The molecule has 0 radical (unpaired) electrons. The Morgan fingerprint density at radius 2 is 0.879 bits per heavy atom. The fourth-order valence-electron chi connectivity index (χ4n) is 9.11. The van der Waals surface area contributed by atoms with E-state index >= 15 is 0 Å². The van der Waals surface area contributed by atoms with Gasteiger partial charge in [-0.2, -0.15) is 0 Å². The van der Waals surface area contributed by atoms with Gasteiger partial charge in [0.15, 0.2) is 0 Å². The van der Waals surface area contributed by atoms with E-state index < -0.39 is 0 Å². The maximum atomic E-state index is 5.63. The molecule has 0 heterocycles. The first-order valence-electron chi connectivity index (χ1n) is 20.1. The lowest BCUT2D eigenvalue weighted by Crippen LogP contribution is -2.24. The molecule has 0 unspecified atom stereocenters. The SMILES string of the molecule is COc1ccc(N(c2ccc(OC)cc2)c2cc(C(C)C)c3ccc4c(N(c5ccc(OC)cc5)c5ccc(OC)cc5)cc5c6c(cc2c3c46)C(C)(C)CC5)cc1. The van der Waals surface area contributed by atoms with Gasteiger partial charge >= 0.3 is 0 Å². The predicted molar refractivity (Wildman–Crippen MR) is 241 cm³/mol. The third-order valence-corrected chi connectivity index (χ3v) is 12.2. The molecule has 0 aliphatic heterocycles. The van der Waals surface area contributed by atoms with Crippen LogP contribution in [-0.4, -0.2) is 28.4 Å². The van der Waals surface area contributed by atoms with Crippen LogP contribution in [0.25, 0.3) is 32.3 Å². The number of ether oxygens (including phenoxy) is 4. The third-order valence-electron chi connectivity index (χ3n) is 12.2. The molecule has 0 fully saturated rings. The summed E-state index contributed by atoms with van der Waals surface area (Å²) < 4.78 is 22.5. The van der Waals surface area contributed by atoms with Gasteiger partial charge in [0.2, 0.25) is 0 Å². The lowest BCUT2D eigenvalue weighted by atomic mass is 9.70. The van der Waals surface area contributed by atoms with E-state index in [4.69, 9.17) is 18.9 Å². The Morgan fingerprint density at radius 3 is 1.29 bits per heavy atom. The Labute approximate surface area is 341 Å². The second kappa shape index (κ2) is 14.5. The minimum atomic E-state index is -0.0357. The molecule has 0 bridgehead atoms. The van der Waals surface area contributed by atoms with Crippen LogP contribution in [0.2, 0.25) is 0 Å². The van der Waals surface area contributed by atoms with Crippen LogP contribution in [0.15, 0.2) is 127 Å². The quantitative estimate of drug-likeness (QED) is 0.122. The van der Waals surface area contributed by atoms with Crippen LogP contribution in [0.4, 0.5) is 34.1 Å². The molecule has 0 saturated carbocycles. The standard InChI is InChI=1S/C52H50N2O4/c1-32(2)44-31-48(54(36-13-21-40(57-7)22-14-36)37-15-23-41(58-8)24-16-37)45-30-46-49-33(27-28-52(46,3)4)29-47(43-26-25-42(44)50(45)51(43)49)53(34-9-17-38(55-5)18-10-34)35-11-19-39(56-6)20-12-35/h9-26,29-32H,27-28H2,1-8H3. The first kappa shape index (κ1) is 37.2. The number of anilines is 6. The molecule has 1 aliphatic carbocycles. The summed E-state index contributed by atoms with van der Waals surface area (Å²) in [5.41, 5.74) is 10.6. The van der Waals surface area contributed by atoms with E-state index in [2.05, 4.69) is 116 Å². The van der Waals surface area contributed by atoms with Crippen LogP contribution in [0.3, 0.4) is 0 Å². The molecular weight excluding hydrogens is 717 g/mol. The molecule has 0 spiro atoms. The minimum Gasteiger partial charge on any atom is -0.497 e. The lowest BCUT2D eigenvalue weighted by molar-refractivity contribution is 0.414. The summed E-state index contributed by atoms with van der Waals surface area (Å²) in [6.07, 6.45) is 2.04. The zero-order chi connectivity index (χ0) is 40.3. The van der Waals surface area contributed by atoms with E-state index in [-0.39, 0.29) is 11.3 Å². The first-order chi connectivity index (χ1) is 28.1. The van der Waals surface area contributed by atoms with E-state index in [9.17, 15) is 0 Å². The molecular formula is C52H50N2O4. The van der Waals surface area contributed by atoms with Gasteiger partial charge in [0.05, 0.1) is 39.8 Å². The highest BCUT2D eigenvalue weighted by Crippen LogP contribution is 2.54. The van der Waals surface area contributed by atoms with Crippen molar-refractivity contribution in [3.05, 3.63) is 144 Å². The summed E-state index contributed by atoms with van der Waals surface area (Å²) in [5.74, 6) is 3.56. The van der Waals surface area contributed by atoms with Crippen molar-refractivity contribution in [1.82, 2.24) is 0 Å². The van der Waals surface area contributed by atoms with Crippen molar-refractivity contribution >= 4 is 66.4 Å². The van der Waals surface area contributed by atoms with Gasteiger partial charge in [-0.25, -0.2) is 0 Å². The topological polar surface area (TPSA) is 43.4 Å². The van der Waals surface area contributed by atoms with Gasteiger partial charge in [-0.05, 0) is 172 Å². The summed E-state index contributed by atoms with van der Waals surface area (Å²) in [5, 5.41) is 7.77. The summed E-state index contributed by atoms with van der Waals surface area (Å²) in [6.45, 7) is 9.45. The van der Waals surface area contributed by atoms with Crippen LogP contribution in [0.1, 0.15) is 56.7 Å². The molecule has 58 heavy (non-hydrogen) atoms. The van der Waals surface area contributed by atoms with E-state index in [0.29, 0.717) is 0 Å². The summed E-state index contributed by atoms with van der Waals surface area (Å²) in [7, 11) is 6.86. The monoisotopic (exact) mass is 766 g/mol. The third kappa shape index (κ3) is 6.10. The highest BCUT2D eigenvalue weighted by atomic mass is 16.5. The number of nitrogens with zero attached hydrogens (tertiary/aromatic N) is 2. The number of rotatable bonds is 11. The Hall–Kier alpha value is -6.40. The second-order valence-corrected chi connectivity index (χ2v) is 16.3. The second-order valence-electron chi connectivity index (χ2n) is 16.3. The molecule has 0 N–H and O–H groups in total. The molecule has 8 aromatic carbocycles. The summed E-state index contributed by atoms with van der Waals surface area (Å²) >= 11 is 0. The van der Waals surface area contributed by atoms with Gasteiger partial charge in [0, 0.05) is 38.9 Å². The lowest BCUT2D eigenvalue weighted by Gasteiger charge is -2.37. The predicted octanol–water partition coefficient (Wildman–Crippen LogP) is 13.9. The molecule has 0 aromatic heterocycles. The van der Waals surface area contributed by atoms with Crippen molar-refractivity contribution in [2.75, 3.05) is 38.2 Å². The van der Waals surface area contributed by atoms with Crippen LogP contribution in [-0.2, 0) is 11.8 Å². The molecule has 292 valence electrons. The zero-order valence-corrected chi connectivity index (χ0v) is 34.6. The van der Waals surface area contributed by atoms with Crippen LogP contribution in [0.5, 0.6) is 23.0 Å². The van der Waals surface area contributed by atoms with Gasteiger partial charge < -0.3 is 28.7 Å². The molecule has 0 saturated heterocycles. The van der Waals surface area contributed by atoms with Crippen LogP contribution < -0.4 is 28.7 Å². The van der Waals surface area contributed by atoms with Gasteiger partial charge in [0.1, 0.15) is 23.0 Å². The first-order valence-corrected chi connectivity index (χ1v) is 20.1. The highest BCUT2D eigenvalue weighted by Gasteiger charge is 2.34. The van der Waals surface area contributed by atoms with Crippen LogP contribution in [0, 0.1) is 0 Å². The molecule has 1 aliphatic rings. The molecule has 6 heteroatoms. The molecule has 6 nitrogen and oxygen atoms in total. The van der Waals surface area contributed by atoms with Gasteiger partial charge in [-0.3, -0.25) is 0 Å². The summed E-state index contributed by atoms with van der Waals surface area (Å²) in [4.78, 5) is 4.80. The minimum absolute atomic E-state index is 0.0357. The van der Waals surface area contributed by atoms with E-state index in [0.717, 1.165) is 70.0 Å². The number of benzene rings is 8. The number of aryl methyl sites for hydroxylation is 1. The molecule has 8 aromatic rings. The number of methoxy groups -OCH3 is 4. The largest absolute Gasteiger partial charge is 0.497 e. The Bertz CT molecular complexity index is 2660. The fourth-order valence-corrected chi connectivity index (χ4v) is 9.11. The smallest absolute Gasteiger partial charge is 0.119 e. The van der Waals surface area contributed by atoms with Crippen LogP contribution >= 0.6 is 0 Å². The van der Waals surface area contributed by atoms with Crippen molar-refractivity contribution < 1.29 is 18.9 Å². The van der Waals surface area contributed by atoms with Crippen molar-refractivity contribution in [1.29, 1.82) is 0 Å². The highest BCUT2D eigenvalue weighted by molar-refractivity contribution is 6.30. The van der Waals surface area contributed by atoms with Crippen molar-refractivity contribution in [3.8, 4) is 23.0 Å². The fraction of sp³-hybridized carbons (Fsp3) is 0.231. The Morgan fingerprint density at radius 1 is 0.466 bits per heavy atom. The Balaban J connectivity index is 1.42. The van der Waals surface area contributed by atoms with Gasteiger partial charge in [-0.15, -0.1) is 0 Å². The molecule has 0 amide bonds. The number of hydrogen-bond acceptors (Lipinski definition) is 6. The average molecular weight is 767 g/mol. The van der Waals surface area contributed by atoms with E-state index in [1.165, 1.54) is 49.0 Å². The zero-order valence-electron chi connectivity index (χ0n) is 34.6. The maximum absolute atomic E-state index is 5.63. The average Bonchev–Trinajstić information content (AvgIpc) is 3.26. The van der Waals surface area contributed by atoms with Crippen molar-refractivity contribution in [2.45, 2.75) is 51.9 Å². The van der Waals surface area contributed by atoms with Crippen molar-refractivity contribution in [3.63, 3.8) is 0 Å². The Kier molecular flexibility index (Phi) is 9.31. The van der Waals surface area contributed by atoms with Crippen molar-refractivity contribution in [2.24, 2.45) is 0 Å². The van der Waals surface area contributed by atoms with Gasteiger partial charge in [-0.1, -0.05) is 39.8 Å². The summed E-state index contributed by atoms with van der Waals surface area (Å²) in [6, 6.07) is 45.7. The van der Waals surface area contributed by atoms with E-state index in [1.54, 1.807) is 28.4 Å². The maximum Gasteiger partial charge on any atom is 0.119 e. The number of hydrogen-bond donors (Lipinski definition) is 0. The normalized spacial score (nSPS) is 13.3. The van der Waals surface area contributed by atoms with E-state index in [1.807, 2.05) is 48.5 Å².